The number of nitrogens with zero attached hydrogens (tertiary/aromatic N) is 2. The van der Waals surface area contributed by atoms with Gasteiger partial charge in [0.05, 0.1) is 11.4 Å². The van der Waals surface area contributed by atoms with Crippen LogP contribution in [0.4, 0.5) is 21.9 Å². The molecule has 0 heterocycles. The van der Waals surface area contributed by atoms with Crippen LogP contribution in [-0.2, 0) is 4.79 Å². The zero-order valence-corrected chi connectivity index (χ0v) is 13.9. The second kappa shape index (κ2) is 8.34. The Morgan fingerprint density at radius 3 is 1.77 bits per heavy atom. The predicted molar refractivity (Wildman–Crippen MR) is 103 cm³/mol. The van der Waals surface area contributed by atoms with Crippen LogP contribution in [0.1, 0.15) is 0 Å². The molecule has 0 unspecified atom stereocenters. The molecule has 0 atom stereocenters. The van der Waals surface area contributed by atoms with Crippen LogP contribution < -0.4 is 20.9 Å². The van der Waals surface area contributed by atoms with E-state index in [-0.39, 0.29) is 0 Å². The van der Waals surface area contributed by atoms with Crippen molar-refractivity contribution in [2.24, 2.45) is 0 Å². The van der Waals surface area contributed by atoms with Crippen molar-refractivity contribution < 1.29 is 9.59 Å². The van der Waals surface area contributed by atoms with Crippen molar-refractivity contribution >= 4 is 29.5 Å². The number of hydrogen-bond donors (Lipinski definition) is 2. The number of anilines is 3. The standard InChI is InChI=1S/C20H18N4O2/c25-16-21-24(19-14-8-3-9-15-19)23(18-12-6-2-7-13-18)20(26)22-17-10-4-1-5-11-17/h1-16H,(H,21,25)(H,22,26). The summed E-state index contributed by atoms with van der Waals surface area (Å²) < 4.78 is 0. The van der Waals surface area contributed by atoms with Crippen LogP contribution >= 0.6 is 0 Å². The van der Waals surface area contributed by atoms with Crippen LogP contribution in [-0.4, -0.2) is 12.4 Å². The molecule has 0 saturated heterocycles. The maximum absolute atomic E-state index is 13.0. The first-order valence-electron chi connectivity index (χ1n) is 8.05. The summed E-state index contributed by atoms with van der Waals surface area (Å²) in [5, 5.41) is 5.59. The molecular formula is C20H18N4O2. The summed E-state index contributed by atoms with van der Waals surface area (Å²) in [6.07, 6.45) is 0.527. The summed E-state index contributed by atoms with van der Waals surface area (Å²) in [6.45, 7) is 0. The smallest absolute Gasteiger partial charge is 0.306 e. The van der Waals surface area contributed by atoms with E-state index in [4.69, 9.17) is 0 Å². The summed E-state index contributed by atoms with van der Waals surface area (Å²) in [6, 6.07) is 26.9. The highest BCUT2D eigenvalue weighted by Crippen LogP contribution is 2.22. The zero-order chi connectivity index (χ0) is 18.2. The Morgan fingerprint density at radius 2 is 1.23 bits per heavy atom. The normalized spacial score (nSPS) is 9.85. The minimum atomic E-state index is -0.416. The Bertz CT molecular complexity index is 841. The first-order chi connectivity index (χ1) is 12.8. The lowest BCUT2D eigenvalue weighted by molar-refractivity contribution is -0.109. The molecule has 6 heteroatoms. The molecule has 2 N–H and O–H groups in total. The molecule has 6 nitrogen and oxygen atoms in total. The molecule has 3 amide bonds. The first kappa shape index (κ1) is 17.0. The van der Waals surface area contributed by atoms with E-state index in [9.17, 15) is 9.59 Å². The number of rotatable bonds is 6. The van der Waals surface area contributed by atoms with Crippen LogP contribution in [0.3, 0.4) is 0 Å². The van der Waals surface area contributed by atoms with E-state index in [1.807, 2.05) is 54.6 Å². The Hall–Kier alpha value is -3.80. The highest BCUT2D eigenvalue weighted by Gasteiger charge is 2.24. The SMILES string of the molecule is O=CNN(c1ccccc1)N(C(=O)Nc1ccccc1)c1ccccc1. The minimum Gasteiger partial charge on any atom is -0.306 e. The van der Waals surface area contributed by atoms with Gasteiger partial charge in [-0.25, -0.2) is 4.79 Å². The van der Waals surface area contributed by atoms with Crippen LogP contribution in [0.15, 0.2) is 91.0 Å². The lowest BCUT2D eigenvalue weighted by Gasteiger charge is -2.34. The minimum absolute atomic E-state index is 0.416. The van der Waals surface area contributed by atoms with Crippen LogP contribution in [0.5, 0.6) is 0 Å². The number of hydrazine groups is 2. The van der Waals surface area contributed by atoms with E-state index in [1.165, 1.54) is 10.1 Å². The van der Waals surface area contributed by atoms with Crippen LogP contribution in [0.2, 0.25) is 0 Å². The number of amides is 3. The molecule has 0 saturated carbocycles. The maximum atomic E-state index is 13.0. The molecule has 0 aromatic heterocycles. The number of benzene rings is 3. The summed E-state index contributed by atoms with van der Waals surface area (Å²) >= 11 is 0. The van der Waals surface area contributed by atoms with Gasteiger partial charge in [-0.3, -0.25) is 10.2 Å². The van der Waals surface area contributed by atoms with Crippen molar-refractivity contribution in [2.45, 2.75) is 0 Å². The lowest BCUT2D eigenvalue weighted by Crippen LogP contribution is -2.55. The van der Waals surface area contributed by atoms with Crippen molar-refractivity contribution in [1.29, 1.82) is 0 Å². The largest absolute Gasteiger partial charge is 0.347 e. The monoisotopic (exact) mass is 346 g/mol. The van der Waals surface area contributed by atoms with Gasteiger partial charge in [-0.1, -0.05) is 54.6 Å². The van der Waals surface area contributed by atoms with Gasteiger partial charge in [0.2, 0.25) is 6.41 Å². The fraction of sp³-hybridized carbons (Fsp3) is 0. The number of hydrogen-bond acceptors (Lipinski definition) is 3. The second-order valence-corrected chi connectivity index (χ2v) is 5.34. The van der Waals surface area contributed by atoms with Gasteiger partial charge in [-0.15, -0.1) is 0 Å². The second-order valence-electron chi connectivity index (χ2n) is 5.34. The van der Waals surface area contributed by atoms with E-state index >= 15 is 0 Å². The van der Waals surface area contributed by atoms with Crippen molar-refractivity contribution in [1.82, 2.24) is 5.43 Å². The number of nitrogens with one attached hydrogen (secondary N) is 2. The molecule has 3 aromatic rings. The van der Waals surface area contributed by atoms with Gasteiger partial charge in [0.25, 0.3) is 0 Å². The third-order valence-electron chi connectivity index (χ3n) is 3.59. The Labute approximate surface area is 151 Å². The summed E-state index contributed by atoms with van der Waals surface area (Å²) in [7, 11) is 0. The average molecular weight is 346 g/mol. The summed E-state index contributed by atoms with van der Waals surface area (Å²) in [5.41, 5.74) is 4.46. The van der Waals surface area contributed by atoms with Crippen molar-refractivity contribution in [2.75, 3.05) is 15.4 Å². The van der Waals surface area contributed by atoms with Crippen LogP contribution in [0.25, 0.3) is 0 Å². The summed E-state index contributed by atoms with van der Waals surface area (Å²) in [5.74, 6) is 0. The predicted octanol–water partition coefficient (Wildman–Crippen LogP) is 3.81. The molecule has 0 aliphatic carbocycles. The fourth-order valence-electron chi connectivity index (χ4n) is 2.46. The third kappa shape index (κ3) is 3.99. The molecule has 26 heavy (non-hydrogen) atoms. The Morgan fingerprint density at radius 1 is 0.731 bits per heavy atom. The first-order valence-corrected chi connectivity index (χ1v) is 8.05. The van der Waals surface area contributed by atoms with Crippen molar-refractivity contribution in [3.8, 4) is 0 Å². The van der Waals surface area contributed by atoms with Crippen molar-refractivity contribution in [3.63, 3.8) is 0 Å². The van der Waals surface area contributed by atoms with Gasteiger partial charge in [0.1, 0.15) is 0 Å². The zero-order valence-electron chi connectivity index (χ0n) is 13.9. The molecule has 3 aromatic carbocycles. The van der Waals surface area contributed by atoms with E-state index in [0.717, 1.165) is 0 Å². The van der Waals surface area contributed by atoms with Gasteiger partial charge in [-0.2, -0.15) is 10.1 Å². The number of urea groups is 1. The molecule has 0 radical (unpaired) electrons. The van der Waals surface area contributed by atoms with Gasteiger partial charge in [-0.05, 0) is 36.4 Å². The maximum Gasteiger partial charge on any atom is 0.347 e. The average Bonchev–Trinajstić information content (AvgIpc) is 2.70. The van der Waals surface area contributed by atoms with Crippen LogP contribution in [0, 0.1) is 0 Å². The Balaban J connectivity index is 1.99. The molecule has 0 aliphatic heterocycles. The van der Waals surface area contributed by atoms with Gasteiger partial charge in [0.15, 0.2) is 0 Å². The Kier molecular flexibility index (Phi) is 5.47. The molecular weight excluding hydrogens is 328 g/mol. The van der Waals surface area contributed by atoms with E-state index in [1.54, 1.807) is 36.4 Å². The molecule has 3 rings (SSSR count). The third-order valence-corrected chi connectivity index (χ3v) is 3.59. The van der Waals surface area contributed by atoms with Crippen molar-refractivity contribution in [3.05, 3.63) is 91.0 Å². The molecule has 0 bridgehead atoms. The van der Waals surface area contributed by atoms with Gasteiger partial charge >= 0.3 is 6.03 Å². The van der Waals surface area contributed by atoms with Gasteiger partial charge < -0.3 is 5.32 Å². The van der Waals surface area contributed by atoms with Gasteiger partial charge in [0, 0.05) is 5.69 Å². The number of carbonyl (C=O) groups excluding carboxylic acids is 2. The quantitative estimate of drug-likeness (QED) is 0.527. The van der Waals surface area contributed by atoms with E-state index < -0.39 is 6.03 Å². The molecule has 0 spiro atoms. The topological polar surface area (TPSA) is 64.7 Å². The van der Waals surface area contributed by atoms with E-state index in [2.05, 4.69) is 10.7 Å². The lowest BCUT2D eigenvalue weighted by atomic mass is 10.3. The highest BCUT2D eigenvalue weighted by molar-refractivity contribution is 6.03. The number of para-hydroxylation sites is 3. The molecule has 0 fully saturated rings. The summed E-state index contributed by atoms with van der Waals surface area (Å²) in [4.78, 5) is 24.2. The molecule has 130 valence electrons. The fourth-order valence-corrected chi connectivity index (χ4v) is 2.46. The van der Waals surface area contributed by atoms with E-state index in [0.29, 0.717) is 23.5 Å². The highest BCUT2D eigenvalue weighted by atomic mass is 16.2. The molecule has 0 aliphatic rings. The number of carbonyl (C=O) groups is 2.